The first kappa shape index (κ1) is 19.2. The van der Waals surface area contributed by atoms with Gasteiger partial charge in [0.25, 0.3) is 0 Å². The molecule has 0 aliphatic heterocycles. The van der Waals surface area contributed by atoms with Crippen LogP contribution in [-0.4, -0.2) is 39.1 Å². The van der Waals surface area contributed by atoms with E-state index in [0.717, 1.165) is 29.3 Å². The van der Waals surface area contributed by atoms with Crippen molar-refractivity contribution in [1.82, 2.24) is 24.3 Å². The summed E-state index contributed by atoms with van der Waals surface area (Å²) in [4.78, 5) is 11.0. The Morgan fingerprint density at radius 1 is 1.30 bits per heavy atom. The number of nitrogens with zero attached hydrogens (tertiary/aromatic N) is 5. The fourth-order valence-electron chi connectivity index (χ4n) is 3.02. The van der Waals surface area contributed by atoms with Crippen LogP contribution < -0.4 is 5.32 Å². The average molecular weight is 429 g/mol. The highest BCUT2D eigenvalue weighted by Crippen LogP contribution is 2.15. The Balaban J connectivity index is 1.61. The van der Waals surface area contributed by atoms with E-state index in [4.69, 9.17) is 0 Å². The first-order valence-electron chi connectivity index (χ1n) is 8.83. The second-order valence-electron chi connectivity index (χ2n) is 6.47. The van der Waals surface area contributed by atoms with E-state index in [-0.39, 0.29) is 0 Å². The number of guanidine groups is 1. The molecule has 0 unspecified atom stereocenters. The molecule has 1 aromatic carbocycles. The molecule has 0 spiro atoms. The van der Waals surface area contributed by atoms with E-state index < -0.39 is 0 Å². The topological polar surface area (TPSA) is 50.4 Å². The molecule has 7 heteroatoms. The minimum absolute atomic E-state index is 0.619. The molecule has 0 atom stereocenters. The molecule has 0 bridgehead atoms. The molecule has 0 amide bonds. The van der Waals surface area contributed by atoms with Gasteiger partial charge in [-0.1, -0.05) is 30.3 Å². The summed E-state index contributed by atoms with van der Waals surface area (Å²) in [6.45, 7) is 2.19. The largest absolute Gasteiger partial charge is 0.352 e. The number of nitrogens with one attached hydrogen (secondary N) is 1. The van der Waals surface area contributed by atoms with E-state index in [1.54, 1.807) is 7.05 Å². The molecular formula is C20H25BrN6. The third kappa shape index (κ3) is 5.01. The smallest absolute Gasteiger partial charge is 0.194 e. The van der Waals surface area contributed by atoms with Crippen molar-refractivity contribution in [3.63, 3.8) is 0 Å². The van der Waals surface area contributed by atoms with E-state index in [1.807, 2.05) is 32.6 Å². The summed E-state index contributed by atoms with van der Waals surface area (Å²) in [5.41, 5.74) is 2.46. The van der Waals surface area contributed by atoms with Crippen LogP contribution in [0.15, 0.2) is 64.5 Å². The van der Waals surface area contributed by atoms with Crippen molar-refractivity contribution in [2.45, 2.75) is 19.6 Å². The fourth-order valence-corrected chi connectivity index (χ4v) is 3.59. The van der Waals surface area contributed by atoms with E-state index in [1.165, 1.54) is 11.3 Å². The van der Waals surface area contributed by atoms with Gasteiger partial charge in [-0.05, 0) is 27.6 Å². The molecular weight excluding hydrogens is 404 g/mol. The summed E-state index contributed by atoms with van der Waals surface area (Å²) in [5, 5.41) is 3.42. The van der Waals surface area contributed by atoms with Crippen LogP contribution >= 0.6 is 15.9 Å². The lowest BCUT2D eigenvalue weighted by molar-refractivity contribution is 0.459. The van der Waals surface area contributed by atoms with Crippen molar-refractivity contribution in [3.8, 4) is 0 Å². The van der Waals surface area contributed by atoms with Gasteiger partial charge in [-0.25, -0.2) is 4.98 Å². The summed E-state index contributed by atoms with van der Waals surface area (Å²) in [7, 11) is 5.88. The zero-order valence-corrected chi connectivity index (χ0v) is 17.5. The number of halogens is 1. The van der Waals surface area contributed by atoms with Gasteiger partial charge in [0.15, 0.2) is 5.96 Å². The minimum Gasteiger partial charge on any atom is -0.352 e. The Morgan fingerprint density at radius 2 is 2.07 bits per heavy atom. The predicted molar refractivity (Wildman–Crippen MR) is 113 cm³/mol. The van der Waals surface area contributed by atoms with E-state index in [0.29, 0.717) is 6.54 Å². The number of hydrogen-bond donors (Lipinski definition) is 1. The van der Waals surface area contributed by atoms with Gasteiger partial charge in [0.1, 0.15) is 5.82 Å². The highest BCUT2D eigenvalue weighted by molar-refractivity contribution is 9.10. The number of hydrogen-bond acceptors (Lipinski definition) is 2. The summed E-state index contributed by atoms with van der Waals surface area (Å²) < 4.78 is 5.35. The van der Waals surface area contributed by atoms with Crippen LogP contribution in [0, 0.1) is 0 Å². The Labute approximate surface area is 168 Å². The lowest BCUT2D eigenvalue weighted by atomic mass is 10.2. The van der Waals surface area contributed by atoms with Crippen LogP contribution in [0.5, 0.6) is 0 Å². The molecule has 0 radical (unpaired) electrons. The van der Waals surface area contributed by atoms with Gasteiger partial charge in [0, 0.05) is 56.4 Å². The Bertz CT molecular complexity index is 896. The Kier molecular flexibility index (Phi) is 6.34. The molecule has 27 heavy (non-hydrogen) atoms. The van der Waals surface area contributed by atoms with Crippen LogP contribution in [0.4, 0.5) is 0 Å². The number of aliphatic imine (C=N–C) groups is 1. The second kappa shape index (κ2) is 8.90. The highest BCUT2D eigenvalue weighted by Gasteiger charge is 2.11. The van der Waals surface area contributed by atoms with Gasteiger partial charge < -0.3 is 19.4 Å². The Hall–Kier alpha value is -2.54. The first-order valence-corrected chi connectivity index (χ1v) is 9.62. The van der Waals surface area contributed by atoms with Crippen LogP contribution in [0.25, 0.3) is 0 Å². The van der Waals surface area contributed by atoms with E-state index in [2.05, 4.69) is 81.8 Å². The second-order valence-corrected chi connectivity index (χ2v) is 7.39. The monoisotopic (exact) mass is 428 g/mol. The van der Waals surface area contributed by atoms with Crippen molar-refractivity contribution in [3.05, 3.63) is 76.5 Å². The van der Waals surface area contributed by atoms with Crippen molar-refractivity contribution in [1.29, 1.82) is 0 Å². The molecule has 2 heterocycles. The molecule has 6 nitrogen and oxygen atoms in total. The highest BCUT2D eigenvalue weighted by atomic mass is 79.9. The van der Waals surface area contributed by atoms with Gasteiger partial charge >= 0.3 is 0 Å². The van der Waals surface area contributed by atoms with Crippen LogP contribution in [0.1, 0.15) is 17.1 Å². The van der Waals surface area contributed by atoms with Gasteiger partial charge in [-0.3, -0.25) is 4.99 Å². The molecule has 2 aromatic heterocycles. The van der Waals surface area contributed by atoms with Crippen LogP contribution in [0.2, 0.25) is 0 Å². The molecule has 3 rings (SSSR count). The van der Waals surface area contributed by atoms with Gasteiger partial charge in [-0.15, -0.1) is 0 Å². The average Bonchev–Trinajstić information content (AvgIpc) is 3.22. The molecule has 0 aliphatic carbocycles. The van der Waals surface area contributed by atoms with Crippen LogP contribution in [-0.2, 0) is 26.7 Å². The molecule has 1 N–H and O–H groups in total. The number of imidazole rings is 1. The Morgan fingerprint density at radius 3 is 2.74 bits per heavy atom. The van der Waals surface area contributed by atoms with Gasteiger partial charge in [-0.2, -0.15) is 0 Å². The summed E-state index contributed by atoms with van der Waals surface area (Å²) in [6, 6.07) is 12.5. The number of aromatic nitrogens is 3. The standard InChI is InChI=1S/C20H25BrN6/c1-22-20(26(3)15-18-11-17(21)14-25(18)2)24-12-19-23-9-10-27(19)13-16-7-5-4-6-8-16/h4-11,14H,12-13,15H2,1-3H3,(H,22,24). The molecule has 142 valence electrons. The lowest BCUT2D eigenvalue weighted by Crippen LogP contribution is -2.38. The van der Waals surface area contributed by atoms with Gasteiger partial charge in [0.05, 0.1) is 13.1 Å². The fraction of sp³-hybridized carbons (Fsp3) is 0.300. The zero-order valence-electron chi connectivity index (χ0n) is 15.9. The SMILES string of the molecule is CN=C(NCc1nccn1Cc1ccccc1)N(C)Cc1cc(Br)cn1C. The zero-order chi connectivity index (χ0) is 19.2. The molecule has 0 saturated heterocycles. The summed E-state index contributed by atoms with van der Waals surface area (Å²) in [6.07, 6.45) is 5.91. The maximum atomic E-state index is 4.50. The molecule has 0 aliphatic rings. The molecule has 3 aromatic rings. The molecule has 0 saturated carbocycles. The molecule has 0 fully saturated rings. The first-order chi connectivity index (χ1) is 13.1. The summed E-state index contributed by atoms with van der Waals surface area (Å²) in [5.74, 6) is 1.82. The van der Waals surface area contributed by atoms with Crippen molar-refractivity contribution >= 4 is 21.9 Å². The number of aryl methyl sites for hydroxylation is 1. The third-order valence-electron chi connectivity index (χ3n) is 4.45. The predicted octanol–water partition coefficient (Wildman–Crippen LogP) is 3.24. The normalized spacial score (nSPS) is 11.6. The van der Waals surface area contributed by atoms with E-state index >= 15 is 0 Å². The van der Waals surface area contributed by atoms with Crippen molar-refractivity contribution < 1.29 is 0 Å². The lowest BCUT2D eigenvalue weighted by Gasteiger charge is -2.22. The maximum absolute atomic E-state index is 4.50. The van der Waals surface area contributed by atoms with Crippen molar-refractivity contribution in [2.75, 3.05) is 14.1 Å². The number of benzene rings is 1. The summed E-state index contributed by atoms with van der Waals surface area (Å²) >= 11 is 3.52. The minimum atomic E-state index is 0.619. The van der Waals surface area contributed by atoms with Crippen molar-refractivity contribution in [2.24, 2.45) is 12.0 Å². The quantitative estimate of drug-likeness (QED) is 0.484. The van der Waals surface area contributed by atoms with Crippen LogP contribution in [0.3, 0.4) is 0 Å². The van der Waals surface area contributed by atoms with Gasteiger partial charge in [0.2, 0.25) is 0 Å². The maximum Gasteiger partial charge on any atom is 0.194 e. The third-order valence-corrected chi connectivity index (χ3v) is 4.88. The van der Waals surface area contributed by atoms with E-state index in [9.17, 15) is 0 Å². The number of rotatable bonds is 6.